The monoisotopic (exact) mass is 224 g/mol. The van der Waals surface area contributed by atoms with E-state index in [2.05, 4.69) is 15.6 Å². The third-order valence-corrected chi connectivity index (χ3v) is 3.57. The van der Waals surface area contributed by atoms with Crippen LogP contribution in [0.4, 0.5) is 0 Å². The second kappa shape index (κ2) is 4.72. The molecule has 1 aliphatic heterocycles. The van der Waals surface area contributed by atoms with Crippen molar-refractivity contribution in [1.29, 1.82) is 0 Å². The van der Waals surface area contributed by atoms with Crippen molar-refractivity contribution in [2.45, 2.75) is 32.1 Å². The highest BCUT2D eigenvalue weighted by atomic mass is 16.1. The molecule has 1 saturated carbocycles. The largest absolute Gasteiger partial charge is 0.369 e. The summed E-state index contributed by atoms with van der Waals surface area (Å²) in [5.41, 5.74) is 5.16. The summed E-state index contributed by atoms with van der Waals surface area (Å²) in [7, 11) is 0. The molecule has 0 bridgehead atoms. The Morgan fingerprint density at radius 2 is 2.19 bits per heavy atom. The van der Waals surface area contributed by atoms with Gasteiger partial charge in [-0.15, -0.1) is 0 Å². The molecule has 2 rings (SSSR count). The molecule has 2 aliphatic rings. The Balaban J connectivity index is 1.91. The van der Waals surface area contributed by atoms with Crippen molar-refractivity contribution in [1.82, 2.24) is 10.6 Å². The van der Waals surface area contributed by atoms with E-state index in [1.807, 2.05) is 0 Å². The second-order valence-corrected chi connectivity index (χ2v) is 4.72. The van der Waals surface area contributed by atoms with Gasteiger partial charge in [0.2, 0.25) is 5.91 Å². The molecule has 1 fully saturated rings. The summed E-state index contributed by atoms with van der Waals surface area (Å²) in [5.74, 6) is 0.646. The Hall–Kier alpha value is -1.26. The molecule has 0 spiro atoms. The van der Waals surface area contributed by atoms with Gasteiger partial charge in [-0.1, -0.05) is 12.8 Å². The van der Waals surface area contributed by atoms with Crippen molar-refractivity contribution in [2.75, 3.05) is 19.6 Å². The number of guanidine groups is 1. The summed E-state index contributed by atoms with van der Waals surface area (Å²) in [6.45, 7) is 2.43. The van der Waals surface area contributed by atoms with Crippen molar-refractivity contribution in [2.24, 2.45) is 16.1 Å². The smallest absolute Gasteiger partial charge is 0.225 e. The molecular weight excluding hydrogens is 204 g/mol. The first-order valence-corrected chi connectivity index (χ1v) is 6.05. The second-order valence-electron chi connectivity index (χ2n) is 4.72. The van der Waals surface area contributed by atoms with E-state index >= 15 is 0 Å². The standard InChI is InChI=1S/C11H20N4O/c12-9(16)11(4-1-2-5-11)8-15-10-13-6-3-7-14-10/h1-8H2,(H2,12,16)(H2,13,14,15). The van der Waals surface area contributed by atoms with Gasteiger partial charge >= 0.3 is 0 Å². The summed E-state index contributed by atoms with van der Waals surface area (Å²) >= 11 is 0. The SMILES string of the molecule is NC(=O)C1(CNC2=NCCCN2)CCCC1. The van der Waals surface area contributed by atoms with Gasteiger partial charge in [0.15, 0.2) is 5.96 Å². The molecule has 90 valence electrons. The quantitative estimate of drug-likeness (QED) is 0.630. The molecule has 0 aromatic heterocycles. The van der Waals surface area contributed by atoms with Crippen LogP contribution in [0.2, 0.25) is 0 Å². The molecule has 1 amide bonds. The summed E-state index contributed by atoms with van der Waals surface area (Å²) in [6.07, 6.45) is 5.09. The van der Waals surface area contributed by atoms with Gasteiger partial charge in [0, 0.05) is 19.6 Å². The van der Waals surface area contributed by atoms with Crippen molar-refractivity contribution in [3.05, 3.63) is 0 Å². The lowest BCUT2D eigenvalue weighted by Crippen LogP contribution is -2.49. The van der Waals surface area contributed by atoms with Crippen molar-refractivity contribution < 1.29 is 4.79 Å². The highest BCUT2D eigenvalue weighted by Gasteiger charge is 2.39. The molecule has 4 N–H and O–H groups in total. The van der Waals surface area contributed by atoms with Crippen LogP contribution in [0.5, 0.6) is 0 Å². The Bertz CT molecular complexity index is 294. The average molecular weight is 224 g/mol. The minimum Gasteiger partial charge on any atom is -0.369 e. The highest BCUT2D eigenvalue weighted by Crippen LogP contribution is 2.37. The van der Waals surface area contributed by atoms with Crippen LogP contribution in [0, 0.1) is 5.41 Å². The normalized spacial score (nSPS) is 23.4. The van der Waals surface area contributed by atoms with Crippen LogP contribution in [0.15, 0.2) is 4.99 Å². The van der Waals surface area contributed by atoms with Gasteiger partial charge in [0.05, 0.1) is 5.41 Å². The summed E-state index contributed by atoms with van der Waals surface area (Å²) in [4.78, 5) is 15.8. The van der Waals surface area contributed by atoms with Gasteiger partial charge in [0.1, 0.15) is 0 Å². The van der Waals surface area contributed by atoms with Gasteiger partial charge in [-0.05, 0) is 19.3 Å². The minimum atomic E-state index is -0.346. The molecule has 0 aromatic carbocycles. The van der Waals surface area contributed by atoms with E-state index in [0.717, 1.165) is 51.2 Å². The number of carbonyl (C=O) groups excluding carboxylic acids is 1. The molecule has 0 radical (unpaired) electrons. The van der Waals surface area contributed by atoms with Crippen LogP contribution < -0.4 is 16.4 Å². The predicted octanol–water partition coefficient (Wildman–Crippen LogP) is -0.0290. The zero-order valence-electron chi connectivity index (χ0n) is 9.59. The zero-order valence-corrected chi connectivity index (χ0v) is 9.59. The van der Waals surface area contributed by atoms with Crippen molar-refractivity contribution in [3.63, 3.8) is 0 Å². The van der Waals surface area contributed by atoms with Gasteiger partial charge in [-0.25, -0.2) is 0 Å². The molecule has 5 heteroatoms. The fourth-order valence-corrected chi connectivity index (χ4v) is 2.47. The minimum absolute atomic E-state index is 0.172. The average Bonchev–Trinajstić information content (AvgIpc) is 2.78. The molecule has 0 saturated heterocycles. The molecular formula is C11H20N4O. The Labute approximate surface area is 95.9 Å². The fourth-order valence-electron chi connectivity index (χ4n) is 2.47. The Morgan fingerprint density at radius 3 is 2.75 bits per heavy atom. The van der Waals surface area contributed by atoms with Crippen LogP contribution >= 0.6 is 0 Å². The molecule has 0 atom stereocenters. The molecule has 1 aliphatic carbocycles. The maximum Gasteiger partial charge on any atom is 0.225 e. The van der Waals surface area contributed by atoms with Gasteiger partial charge in [-0.2, -0.15) is 0 Å². The third kappa shape index (κ3) is 2.28. The topological polar surface area (TPSA) is 79.5 Å². The lowest BCUT2D eigenvalue weighted by molar-refractivity contribution is -0.127. The lowest BCUT2D eigenvalue weighted by atomic mass is 9.85. The maximum absolute atomic E-state index is 11.5. The van der Waals surface area contributed by atoms with Crippen molar-refractivity contribution in [3.8, 4) is 0 Å². The first kappa shape index (κ1) is 11.2. The Kier molecular flexibility index (Phi) is 3.31. The van der Waals surface area contributed by atoms with Gasteiger partial charge < -0.3 is 16.4 Å². The van der Waals surface area contributed by atoms with E-state index < -0.39 is 0 Å². The van der Waals surface area contributed by atoms with Crippen LogP contribution in [0.25, 0.3) is 0 Å². The van der Waals surface area contributed by atoms with E-state index in [0.29, 0.717) is 6.54 Å². The number of hydrogen-bond acceptors (Lipinski definition) is 4. The number of nitrogens with one attached hydrogen (secondary N) is 2. The number of hydrogen-bond donors (Lipinski definition) is 3. The predicted molar refractivity (Wildman–Crippen MR) is 63.0 cm³/mol. The van der Waals surface area contributed by atoms with E-state index in [-0.39, 0.29) is 11.3 Å². The van der Waals surface area contributed by atoms with E-state index in [1.54, 1.807) is 0 Å². The molecule has 1 heterocycles. The number of carbonyl (C=O) groups is 1. The third-order valence-electron chi connectivity index (χ3n) is 3.57. The van der Waals surface area contributed by atoms with Crippen LogP contribution in [-0.2, 0) is 4.79 Å². The number of aliphatic imine (C=N–C) groups is 1. The van der Waals surface area contributed by atoms with Gasteiger partial charge in [-0.3, -0.25) is 9.79 Å². The Morgan fingerprint density at radius 1 is 1.44 bits per heavy atom. The molecule has 0 unspecified atom stereocenters. The number of nitrogens with two attached hydrogens (primary N) is 1. The number of amides is 1. The molecule has 5 nitrogen and oxygen atoms in total. The van der Waals surface area contributed by atoms with E-state index in [1.165, 1.54) is 0 Å². The summed E-state index contributed by atoms with van der Waals surface area (Å²) in [6, 6.07) is 0. The molecule has 0 aromatic rings. The summed E-state index contributed by atoms with van der Waals surface area (Å²) < 4.78 is 0. The number of nitrogens with zero attached hydrogens (tertiary/aromatic N) is 1. The van der Waals surface area contributed by atoms with Crippen LogP contribution in [0.3, 0.4) is 0 Å². The number of primary amides is 1. The van der Waals surface area contributed by atoms with E-state index in [4.69, 9.17) is 5.73 Å². The van der Waals surface area contributed by atoms with Crippen LogP contribution in [0.1, 0.15) is 32.1 Å². The van der Waals surface area contributed by atoms with Crippen LogP contribution in [-0.4, -0.2) is 31.5 Å². The zero-order chi connectivity index (χ0) is 11.4. The highest BCUT2D eigenvalue weighted by molar-refractivity contribution is 5.84. The number of rotatable bonds is 3. The first-order valence-electron chi connectivity index (χ1n) is 6.05. The fraction of sp³-hybridized carbons (Fsp3) is 0.818. The van der Waals surface area contributed by atoms with E-state index in [9.17, 15) is 4.79 Å². The summed E-state index contributed by atoms with van der Waals surface area (Å²) in [5, 5.41) is 6.41. The van der Waals surface area contributed by atoms with Gasteiger partial charge in [0.25, 0.3) is 0 Å². The first-order chi connectivity index (χ1) is 7.73. The lowest BCUT2D eigenvalue weighted by Gasteiger charge is -2.27. The molecule has 16 heavy (non-hydrogen) atoms. The van der Waals surface area contributed by atoms with Crippen molar-refractivity contribution >= 4 is 11.9 Å². The maximum atomic E-state index is 11.5.